The second kappa shape index (κ2) is 26.3. The van der Waals surface area contributed by atoms with Gasteiger partial charge in [0, 0.05) is 72.3 Å². The van der Waals surface area contributed by atoms with Crippen LogP contribution in [0.15, 0.2) is 48.5 Å². The smallest absolute Gasteiger partial charge is 0.261 e. The van der Waals surface area contributed by atoms with Crippen molar-refractivity contribution in [3.8, 4) is 0 Å². The molecule has 12 heteroatoms. The Morgan fingerprint density at radius 3 is 1.11 bits per heavy atom. The third-order valence-corrected chi connectivity index (χ3v) is 15.4. The molecule has 1 aromatic heterocycles. The van der Waals surface area contributed by atoms with Gasteiger partial charge in [0.1, 0.15) is 0 Å². The average molecular weight is 991 g/mol. The number of nitrogens with zero attached hydrogens (tertiary/aromatic N) is 6. The number of anilines is 3. The van der Waals surface area contributed by atoms with Gasteiger partial charge in [-0.3, -0.25) is 29.0 Å². The van der Waals surface area contributed by atoms with E-state index in [-0.39, 0.29) is 36.7 Å². The summed E-state index contributed by atoms with van der Waals surface area (Å²) >= 11 is 0. The van der Waals surface area contributed by atoms with Crippen molar-refractivity contribution in [3.63, 3.8) is 0 Å². The molecule has 2 aliphatic heterocycles. The standard InChI is InChI=1S/C61H82N8O4/c1-5-9-13-16-19-20-21-22-23-26-37-62-59-64-60(66-61(65-59)67(39-27-24-17-14-10-6-2)40-28-25-18-15-11-7-3)63-38-42-69-57(72)49-35-31-45-43-29-33-47-53-48(56(71)68(55(47)70)41-12-8-4)34-30-44(51(43)53)46-32-36-50(58(69)73)54(49)52(45)46/h29-36H,5-28,37-42H2,1-4H3,(H2,62,63,64,65,66). The Bertz CT molecular complexity index is 2710. The molecule has 0 aliphatic carbocycles. The first-order valence-corrected chi connectivity index (χ1v) is 28.7. The van der Waals surface area contributed by atoms with Crippen LogP contribution in [0.1, 0.15) is 223 Å². The molecule has 0 spiro atoms. The van der Waals surface area contributed by atoms with E-state index < -0.39 is 0 Å². The van der Waals surface area contributed by atoms with Crippen LogP contribution < -0.4 is 15.5 Å². The number of unbranched alkanes of at least 4 members (excludes halogenated alkanes) is 20. The number of benzene rings is 5. The minimum Gasteiger partial charge on any atom is -0.354 e. The van der Waals surface area contributed by atoms with Gasteiger partial charge in [0.05, 0.1) is 0 Å². The van der Waals surface area contributed by atoms with Gasteiger partial charge in [-0.05, 0) is 82.3 Å². The first-order valence-electron chi connectivity index (χ1n) is 28.7. The molecular formula is C61H82N8O4. The number of aromatic nitrogens is 3. The third-order valence-electron chi connectivity index (χ3n) is 15.4. The zero-order valence-electron chi connectivity index (χ0n) is 44.6. The van der Waals surface area contributed by atoms with Crippen LogP contribution in [0.4, 0.5) is 17.8 Å². The molecule has 12 nitrogen and oxygen atoms in total. The average Bonchev–Trinajstić information content (AvgIpc) is 3.40. The normalized spacial score (nSPS) is 13.5. The van der Waals surface area contributed by atoms with Crippen molar-refractivity contribution in [2.24, 2.45) is 0 Å². The van der Waals surface area contributed by atoms with Gasteiger partial charge in [0.15, 0.2) is 0 Å². The van der Waals surface area contributed by atoms with E-state index in [1.54, 1.807) is 0 Å². The van der Waals surface area contributed by atoms with Crippen LogP contribution in [0.2, 0.25) is 0 Å². The van der Waals surface area contributed by atoms with Gasteiger partial charge < -0.3 is 15.5 Å². The maximum absolute atomic E-state index is 14.5. The Labute approximate surface area is 434 Å². The van der Waals surface area contributed by atoms with Crippen molar-refractivity contribution < 1.29 is 19.2 Å². The van der Waals surface area contributed by atoms with Crippen LogP contribution in [0, 0.1) is 0 Å². The fraction of sp³-hybridized carbons (Fsp3) is 0.557. The number of nitrogens with one attached hydrogen (secondary N) is 2. The van der Waals surface area contributed by atoms with Crippen molar-refractivity contribution in [2.45, 2.75) is 182 Å². The Hall–Kier alpha value is -5.91. The molecular weight excluding hydrogens is 909 g/mol. The summed E-state index contributed by atoms with van der Waals surface area (Å²) in [5.41, 5.74) is 2.00. The highest BCUT2D eigenvalue weighted by atomic mass is 16.2. The molecule has 3 heterocycles. The first kappa shape index (κ1) is 53.4. The topological polar surface area (TPSA) is 141 Å². The highest BCUT2D eigenvalue weighted by molar-refractivity contribution is 6.41. The zero-order chi connectivity index (χ0) is 51.1. The van der Waals surface area contributed by atoms with Gasteiger partial charge in [0.2, 0.25) is 17.8 Å². The van der Waals surface area contributed by atoms with E-state index in [0.717, 1.165) is 90.5 Å². The monoisotopic (exact) mass is 991 g/mol. The van der Waals surface area contributed by atoms with E-state index in [4.69, 9.17) is 15.0 Å². The molecule has 2 aliphatic rings. The number of imide groups is 2. The molecule has 6 aromatic rings. The minimum absolute atomic E-state index is 0.120. The number of fused-ring (bicyclic) bond motifs is 2. The van der Waals surface area contributed by atoms with Gasteiger partial charge in [-0.15, -0.1) is 0 Å². The lowest BCUT2D eigenvalue weighted by molar-refractivity contribution is 0.0596. The fourth-order valence-electron chi connectivity index (χ4n) is 11.3. The molecule has 0 unspecified atom stereocenters. The summed E-state index contributed by atoms with van der Waals surface area (Å²) in [6.45, 7) is 12.1. The molecule has 390 valence electrons. The van der Waals surface area contributed by atoms with Crippen molar-refractivity contribution in [1.82, 2.24) is 24.8 Å². The molecule has 2 N–H and O–H groups in total. The van der Waals surface area contributed by atoms with Crippen molar-refractivity contribution in [3.05, 3.63) is 70.8 Å². The number of hydrogen-bond donors (Lipinski definition) is 2. The molecule has 0 atom stereocenters. The van der Waals surface area contributed by atoms with Crippen LogP contribution in [0.3, 0.4) is 0 Å². The van der Waals surface area contributed by atoms with E-state index >= 15 is 0 Å². The van der Waals surface area contributed by atoms with Gasteiger partial charge in [0.25, 0.3) is 23.6 Å². The zero-order valence-corrected chi connectivity index (χ0v) is 44.6. The Morgan fingerprint density at radius 2 is 0.712 bits per heavy atom. The van der Waals surface area contributed by atoms with E-state index in [2.05, 4.69) is 36.3 Å². The SMILES string of the molecule is CCCCCCCCCCCCNc1nc(NCCN2C(=O)c3ccc4c5ccc6c7c(ccc(c8ccc(c3c48)C2=O)c75)C(=O)N(CCCC)C6=O)nc(N(CCCCCCCC)CCCCCCCC)n1. The molecule has 0 saturated carbocycles. The quantitative estimate of drug-likeness (QED) is 0.0174. The largest absolute Gasteiger partial charge is 0.354 e. The third kappa shape index (κ3) is 12.2. The summed E-state index contributed by atoms with van der Waals surface area (Å²) in [7, 11) is 0. The summed E-state index contributed by atoms with van der Waals surface area (Å²) in [5.74, 6) is 0.419. The molecule has 4 amide bonds. The van der Waals surface area contributed by atoms with Crippen molar-refractivity contribution in [1.29, 1.82) is 0 Å². The van der Waals surface area contributed by atoms with E-state index in [1.807, 2.05) is 55.5 Å². The van der Waals surface area contributed by atoms with Crippen LogP contribution in [-0.2, 0) is 0 Å². The van der Waals surface area contributed by atoms with E-state index in [9.17, 15) is 19.2 Å². The predicted octanol–water partition coefficient (Wildman–Crippen LogP) is 14.9. The lowest BCUT2D eigenvalue weighted by Gasteiger charge is -2.30. The van der Waals surface area contributed by atoms with Crippen LogP contribution in [0.25, 0.3) is 43.1 Å². The number of amides is 4. The maximum atomic E-state index is 14.5. The second-order valence-electron chi connectivity index (χ2n) is 20.9. The molecule has 0 saturated heterocycles. The maximum Gasteiger partial charge on any atom is 0.261 e. The van der Waals surface area contributed by atoms with Crippen LogP contribution in [0.5, 0.6) is 0 Å². The van der Waals surface area contributed by atoms with Crippen molar-refractivity contribution >= 4 is 84.6 Å². The van der Waals surface area contributed by atoms with Gasteiger partial charge in [-0.2, -0.15) is 15.0 Å². The summed E-state index contributed by atoms with van der Waals surface area (Å²) < 4.78 is 0. The summed E-state index contributed by atoms with van der Waals surface area (Å²) in [6, 6.07) is 15.2. The molecule has 73 heavy (non-hydrogen) atoms. The Morgan fingerprint density at radius 1 is 0.370 bits per heavy atom. The summed E-state index contributed by atoms with van der Waals surface area (Å²) in [6.07, 6.45) is 28.9. The fourth-order valence-corrected chi connectivity index (χ4v) is 11.3. The van der Waals surface area contributed by atoms with Gasteiger partial charge in [-0.25, -0.2) is 0 Å². The van der Waals surface area contributed by atoms with E-state index in [1.165, 1.54) is 125 Å². The number of carbonyl (C=O) groups is 4. The lowest BCUT2D eigenvalue weighted by atomic mass is 9.82. The first-order chi connectivity index (χ1) is 35.8. The summed E-state index contributed by atoms with van der Waals surface area (Å²) in [4.78, 5) is 76.6. The number of carbonyl (C=O) groups excluding carboxylic acids is 4. The molecule has 0 radical (unpaired) electrons. The lowest BCUT2D eigenvalue weighted by Crippen LogP contribution is -2.43. The van der Waals surface area contributed by atoms with Crippen molar-refractivity contribution in [2.75, 3.05) is 54.8 Å². The van der Waals surface area contributed by atoms with E-state index in [0.29, 0.717) is 57.4 Å². The molecule has 0 fully saturated rings. The molecule has 8 rings (SSSR count). The van der Waals surface area contributed by atoms with Crippen LogP contribution in [-0.4, -0.2) is 87.6 Å². The number of hydrogen-bond acceptors (Lipinski definition) is 10. The van der Waals surface area contributed by atoms with Gasteiger partial charge in [-0.1, -0.05) is 180 Å². The predicted molar refractivity (Wildman–Crippen MR) is 301 cm³/mol. The second-order valence-corrected chi connectivity index (χ2v) is 20.9. The molecule has 5 aromatic carbocycles. The van der Waals surface area contributed by atoms with Gasteiger partial charge >= 0.3 is 0 Å². The molecule has 0 bridgehead atoms. The Kier molecular flexibility index (Phi) is 19.3. The highest BCUT2D eigenvalue weighted by Crippen LogP contribution is 2.46. The minimum atomic E-state index is -0.346. The highest BCUT2D eigenvalue weighted by Gasteiger charge is 2.37. The summed E-state index contributed by atoms with van der Waals surface area (Å²) in [5, 5.41) is 13.5. The Balaban J connectivity index is 1.00. The number of rotatable bonds is 34. The van der Waals surface area contributed by atoms with Crippen LogP contribution >= 0.6 is 0 Å².